The van der Waals surface area contributed by atoms with E-state index in [9.17, 15) is 9.59 Å². The number of piperidine rings is 1. The number of hydrogen-bond acceptors (Lipinski definition) is 5. The van der Waals surface area contributed by atoms with Gasteiger partial charge in [-0.05, 0) is 31.5 Å². The zero-order chi connectivity index (χ0) is 20.4. The Labute approximate surface area is 168 Å². The summed E-state index contributed by atoms with van der Waals surface area (Å²) < 4.78 is 12.9. The quantitative estimate of drug-likeness (QED) is 0.623. The molecule has 1 atom stereocenters. The van der Waals surface area contributed by atoms with E-state index in [1.54, 1.807) is 7.11 Å². The van der Waals surface area contributed by atoms with Gasteiger partial charge in [-0.15, -0.1) is 0 Å². The van der Waals surface area contributed by atoms with Crippen molar-refractivity contribution in [2.24, 2.45) is 0 Å². The molecule has 0 radical (unpaired) electrons. The first-order chi connectivity index (χ1) is 14.1. The van der Waals surface area contributed by atoms with Crippen LogP contribution in [0, 0.1) is 0 Å². The largest absolute Gasteiger partial charge is 0.493 e. The maximum absolute atomic E-state index is 12.2. The van der Waals surface area contributed by atoms with Crippen LogP contribution in [0.3, 0.4) is 0 Å². The minimum absolute atomic E-state index is 0.213. The molecule has 1 unspecified atom stereocenters. The van der Waals surface area contributed by atoms with Crippen molar-refractivity contribution >= 4 is 34.0 Å². The SMILES string of the molecule is CCOc1cc(Nc2cccc3cn(C4CCC(=O)NC4=O)cc23)ccc1OC. The van der Waals surface area contributed by atoms with Crippen LogP contribution in [0.15, 0.2) is 48.8 Å². The second-order valence-corrected chi connectivity index (χ2v) is 6.90. The molecule has 7 nitrogen and oxygen atoms in total. The second-order valence-electron chi connectivity index (χ2n) is 6.90. The number of hydrogen-bond donors (Lipinski definition) is 2. The van der Waals surface area contributed by atoms with Gasteiger partial charge in [-0.1, -0.05) is 12.1 Å². The Balaban J connectivity index is 1.65. The van der Waals surface area contributed by atoms with Crippen LogP contribution in [0.2, 0.25) is 0 Å². The summed E-state index contributed by atoms with van der Waals surface area (Å²) in [5.74, 6) is 0.885. The van der Waals surface area contributed by atoms with Crippen molar-refractivity contribution in [3.63, 3.8) is 0 Å². The van der Waals surface area contributed by atoms with Crippen LogP contribution in [0.1, 0.15) is 25.8 Å². The smallest absolute Gasteiger partial charge is 0.249 e. The molecule has 2 N–H and O–H groups in total. The van der Waals surface area contributed by atoms with Crippen molar-refractivity contribution in [3.05, 3.63) is 48.8 Å². The first kappa shape index (κ1) is 18.9. The van der Waals surface area contributed by atoms with Crippen LogP contribution in [-0.2, 0) is 9.59 Å². The number of nitrogens with one attached hydrogen (secondary N) is 2. The summed E-state index contributed by atoms with van der Waals surface area (Å²) in [5, 5.41) is 7.85. The zero-order valence-electron chi connectivity index (χ0n) is 16.4. The lowest BCUT2D eigenvalue weighted by atomic mass is 10.1. The highest BCUT2D eigenvalue weighted by molar-refractivity contribution is 6.00. The Morgan fingerprint density at radius 3 is 2.79 bits per heavy atom. The molecule has 29 heavy (non-hydrogen) atoms. The Morgan fingerprint density at radius 1 is 1.17 bits per heavy atom. The van der Waals surface area contributed by atoms with Gasteiger partial charge < -0.3 is 19.4 Å². The molecule has 2 aromatic carbocycles. The van der Waals surface area contributed by atoms with Crippen molar-refractivity contribution < 1.29 is 19.1 Å². The van der Waals surface area contributed by atoms with Crippen LogP contribution in [-0.4, -0.2) is 30.1 Å². The molecule has 3 aromatic rings. The number of nitrogens with zero attached hydrogens (tertiary/aromatic N) is 1. The minimum atomic E-state index is -0.376. The number of fused-ring (bicyclic) bond motifs is 1. The fourth-order valence-electron chi connectivity index (χ4n) is 3.62. The molecule has 0 saturated carbocycles. The molecule has 0 bridgehead atoms. The summed E-state index contributed by atoms with van der Waals surface area (Å²) in [4.78, 5) is 23.7. The van der Waals surface area contributed by atoms with Crippen LogP contribution in [0.4, 0.5) is 11.4 Å². The fourth-order valence-corrected chi connectivity index (χ4v) is 3.62. The molecule has 0 spiro atoms. The van der Waals surface area contributed by atoms with Gasteiger partial charge in [0.05, 0.1) is 13.7 Å². The van der Waals surface area contributed by atoms with Crippen molar-refractivity contribution in [2.45, 2.75) is 25.8 Å². The van der Waals surface area contributed by atoms with E-state index in [2.05, 4.69) is 10.6 Å². The van der Waals surface area contributed by atoms with E-state index in [0.717, 1.165) is 22.1 Å². The molecule has 150 valence electrons. The van der Waals surface area contributed by atoms with Crippen molar-refractivity contribution in [3.8, 4) is 11.5 Å². The van der Waals surface area contributed by atoms with Gasteiger partial charge in [0.25, 0.3) is 0 Å². The van der Waals surface area contributed by atoms with E-state index in [1.807, 2.05) is 60.3 Å². The van der Waals surface area contributed by atoms with E-state index < -0.39 is 0 Å². The lowest BCUT2D eigenvalue weighted by Gasteiger charge is -2.22. The van der Waals surface area contributed by atoms with Gasteiger partial charge in [-0.3, -0.25) is 14.9 Å². The third-order valence-corrected chi connectivity index (χ3v) is 5.02. The molecule has 1 saturated heterocycles. The lowest BCUT2D eigenvalue weighted by molar-refractivity contribution is -0.135. The number of benzene rings is 2. The monoisotopic (exact) mass is 393 g/mol. The number of methoxy groups -OCH3 is 1. The summed E-state index contributed by atoms with van der Waals surface area (Å²) >= 11 is 0. The van der Waals surface area contributed by atoms with Crippen molar-refractivity contribution in [1.82, 2.24) is 9.88 Å². The summed E-state index contributed by atoms with van der Waals surface area (Å²) in [5.41, 5.74) is 1.79. The molecule has 2 amide bonds. The van der Waals surface area contributed by atoms with Gasteiger partial charge in [-0.25, -0.2) is 0 Å². The van der Waals surface area contributed by atoms with Crippen molar-refractivity contribution in [2.75, 3.05) is 19.0 Å². The highest BCUT2D eigenvalue weighted by Gasteiger charge is 2.28. The van der Waals surface area contributed by atoms with Gasteiger partial charge in [0.2, 0.25) is 11.8 Å². The van der Waals surface area contributed by atoms with E-state index in [-0.39, 0.29) is 17.9 Å². The second kappa shape index (κ2) is 7.87. The predicted octanol–water partition coefficient (Wildman–Crippen LogP) is 3.77. The molecule has 1 aromatic heterocycles. The molecule has 7 heteroatoms. The molecular weight excluding hydrogens is 370 g/mol. The number of anilines is 2. The Kier molecular flexibility index (Phi) is 5.12. The molecule has 2 heterocycles. The average molecular weight is 393 g/mol. The summed E-state index contributed by atoms with van der Waals surface area (Å²) in [6.45, 7) is 2.47. The normalized spacial score (nSPS) is 16.6. The maximum atomic E-state index is 12.2. The summed E-state index contributed by atoms with van der Waals surface area (Å²) in [7, 11) is 1.61. The lowest BCUT2D eigenvalue weighted by Crippen LogP contribution is -2.41. The number of carbonyl (C=O) groups excluding carboxylic acids is 2. The van der Waals surface area contributed by atoms with E-state index >= 15 is 0 Å². The average Bonchev–Trinajstić information content (AvgIpc) is 3.13. The Bertz CT molecular complexity index is 1070. The van der Waals surface area contributed by atoms with Crippen LogP contribution in [0.5, 0.6) is 11.5 Å². The Morgan fingerprint density at radius 2 is 2.03 bits per heavy atom. The van der Waals surface area contributed by atoms with Crippen LogP contribution < -0.4 is 20.1 Å². The number of imide groups is 1. The van der Waals surface area contributed by atoms with Gasteiger partial charge in [0.15, 0.2) is 11.5 Å². The number of aromatic nitrogens is 1. The third kappa shape index (κ3) is 3.76. The van der Waals surface area contributed by atoms with Gasteiger partial charge in [-0.2, -0.15) is 0 Å². The summed E-state index contributed by atoms with van der Waals surface area (Å²) in [6, 6.07) is 11.3. The highest BCUT2D eigenvalue weighted by Crippen LogP contribution is 2.34. The minimum Gasteiger partial charge on any atom is -0.493 e. The van der Waals surface area contributed by atoms with Crippen LogP contribution in [0.25, 0.3) is 10.8 Å². The molecule has 0 aliphatic carbocycles. The topological polar surface area (TPSA) is 81.6 Å². The van der Waals surface area contributed by atoms with E-state index in [4.69, 9.17) is 9.47 Å². The van der Waals surface area contributed by atoms with E-state index in [1.165, 1.54) is 0 Å². The molecule has 1 aliphatic heterocycles. The van der Waals surface area contributed by atoms with Gasteiger partial charge in [0, 0.05) is 47.0 Å². The highest BCUT2D eigenvalue weighted by atomic mass is 16.5. The first-order valence-electron chi connectivity index (χ1n) is 9.61. The maximum Gasteiger partial charge on any atom is 0.249 e. The van der Waals surface area contributed by atoms with Crippen LogP contribution >= 0.6 is 0 Å². The number of amides is 2. The number of rotatable bonds is 6. The molecule has 4 rings (SSSR count). The van der Waals surface area contributed by atoms with Gasteiger partial charge in [0.1, 0.15) is 6.04 Å². The van der Waals surface area contributed by atoms with Crippen molar-refractivity contribution in [1.29, 1.82) is 0 Å². The fraction of sp³-hybridized carbons (Fsp3) is 0.273. The zero-order valence-corrected chi connectivity index (χ0v) is 16.4. The molecule has 1 aliphatic rings. The first-order valence-corrected chi connectivity index (χ1v) is 9.61. The predicted molar refractivity (Wildman–Crippen MR) is 111 cm³/mol. The third-order valence-electron chi connectivity index (χ3n) is 5.02. The molecular formula is C22H23N3O4. The van der Waals surface area contributed by atoms with Gasteiger partial charge >= 0.3 is 0 Å². The number of ether oxygens (including phenoxy) is 2. The number of carbonyl (C=O) groups is 2. The summed E-state index contributed by atoms with van der Waals surface area (Å²) in [6.07, 6.45) is 4.75. The molecule has 1 fully saturated rings. The Hall–Kier alpha value is -3.48. The van der Waals surface area contributed by atoms with E-state index in [0.29, 0.717) is 30.9 Å². The standard InChI is InChI=1S/C22H23N3O4/c1-3-29-20-11-15(7-9-19(20)28-2)23-17-6-4-5-14-12-25(13-16(14)17)18-8-10-21(26)24-22(18)27/h4-7,9,11-13,18,23H,3,8,10H2,1-2H3,(H,24,26,27).